The molecule has 5 heteroatoms. The van der Waals surface area contributed by atoms with Crippen molar-refractivity contribution in [3.8, 4) is 5.75 Å². The third kappa shape index (κ3) is 5.11. The largest absolute Gasteiger partial charge is 0.494 e. The molecule has 4 nitrogen and oxygen atoms in total. The fraction of sp³-hybridized carbons (Fsp3) is 0.185. The number of thioether (sulfide) groups is 1. The summed E-state index contributed by atoms with van der Waals surface area (Å²) >= 11 is 1.39. The molecule has 0 spiro atoms. The van der Waals surface area contributed by atoms with Crippen LogP contribution >= 0.6 is 11.8 Å². The Morgan fingerprint density at radius 2 is 1.66 bits per heavy atom. The molecule has 162 valence electrons. The number of carbonyl (C=O) groups excluding carboxylic acids is 1. The summed E-state index contributed by atoms with van der Waals surface area (Å²) in [5.41, 5.74) is 4.87. The van der Waals surface area contributed by atoms with Crippen molar-refractivity contribution in [1.29, 1.82) is 0 Å². The molecule has 3 aromatic rings. The summed E-state index contributed by atoms with van der Waals surface area (Å²) in [6, 6.07) is 23.7. The van der Waals surface area contributed by atoms with Crippen LogP contribution in [0.1, 0.15) is 30.0 Å². The zero-order valence-electron chi connectivity index (χ0n) is 18.5. The van der Waals surface area contributed by atoms with Crippen LogP contribution in [0.3, 0.4) is 0 Å². The molecule has 0 aliphatic carbocycles. The quantitative estimate of drug-likeness (QED) is 0.390. The number of aliphatic imine (C=N–C) groups is 1. The molecule has 1 aliphatic heterocycles. The molecule has 0 saturated carbocycles. The maximum atomic E-state index is 13.4. The number of nitrogens with zero attached hydrogens (tertiary/aromatic N) is 2. The smallest absolute Gasteiger partial charge is 0.271 e. The number of hydrogen-bond donors (Lipinski definition) is 0. The highest BCUT2D eigenvalue weighted by Crippen LogP contribution is 2.37. The average molecular weight is 443 g/mol. The molecule has 1 heterocycles. The van der Waals surface area contributed by atoms with E-state index in [9.17, 15) is 4.79 Å². The highest BCUT2D eigenvalue weighted by atomic mass is 32.2. The van der Waals surface area contributed by atoms with Gasteiger partial charge in [0.2, 0.25) is 0 Å². The van der Waals surface area contributed by atoms with Crippen molar-refractivity contribution in [1.82, 2.24) is 0 Å². The molecule has 0 unspecified atom stereocenters. The Labute approximate surface area is 193 Å². The maximum absolute atomic E-state index is 13.4. The molecule has 0 aromatic heterocycles. The Bertz CT molecular complexity index is 1170. The van der Waals surface area contributed by atoms with Crippen LogP contribution in [0.2, 0.25) is 0 Å². The van der Waals surface area contributed by atoms with E-state index >= 15 is 0 Å². The Kier molecular flexibility index (Phi) is 6.76. The molecule has 0 radical (unpaired) electrons. The number of hydrogen-bond acceptors (Lipinski definition) is 4. The van der Waals surface area contributed by atoms with E-state index < -0.39 is 0 Å². The molecule has 0 bridgehead atoms. The van der Waals surface area contributed by atoms with Gasteiger partial charge in [-0.3, -0.25) is 9.69 Å². The van der Waals surface area contributed by atoms with Gasteiger partial charge in [-0.2, -0.15) is 0 Å². The van der Waals surface area contributed by atoms with E-state index in [0.29, 0.717) is 16.7 Å². The highest BCUT2D eigenvalue weighted by Gasteiger charge is 2.34. The Balaban J connectivity index is 1.71. The van der Waals surface area contributed by atoms with E-state index in [1.165, 1.54) is 17.3 Å². The summed E-state index contributed by atoms with van der Waals surface area (Å²) in [5.74, 6) is 0.727. The SMILES string of the molecule is CCCOc1cccc(/C=C2\SC(=Nc3ccc(C)cc3)N(c3ccc(C)cc3)C2=O)c1. The topological polar surface area (TPSA) is 41.9 Å². The molecule has 1 aliphatic rings. The predicted octanol–water partition coefficient (Wildman–Crippen LogP) is 6.90. The second-order valence-electron chi connectivity index (χ2n) is 7.74. The van der Waals surface area contributed by atoms with Crippen LogP contribution < -0.4 is 9.64 Å². The lowest BCUT2D eigenvalue weighted by atomic mass is 10.2. The third-order valence-electron chi connectivity index (χ3n) is 4.99. The fourth-order valence-electron chi connectivity index (χ4n) is 3.27. The van der Waals surface area contributed by atoms with Crippen LogP contribution in [-0.2, 0) is 4.79 Å². The van der Waals surface area contributed by atoms with Gasteiger partial charge in [-0.1, -0.05) is 54.4 Å². The highest BCUT2D eigenvalue weighted by molar-refractivity contribution is 8.19. The van der Waals surface area contributed by atoms with Crippen molar-refractivity contribution in [2.24, 2.45) is 4.99 Å². The van der Waals surface area contributed by atoms with Crippen molar-refractivity contribution in [3.05, 3.63) is 94.4 Å². The van der Waals surface area contributed by atoms with Crippen LogP contribution in [0, 0.1) is 13.8 Å². The zero-order chi connectivity index (χ0) is 22.5. The number of anilines is 1. The van der Waals surface area contributed by atoms with Gasteiger partial charge in [0.15, 0.2) is 5.17 Å². The summed E-state index contributed by atoms with van der Waals surface area (Å²) < 4.78 is 5.74. The molecule has 32 heavy (non-hydrogen) atoms. The lowest BCUT2D eigenvalue weighted by molar-refractivity contribution is -0.113. The summed E-state index contributed by atoms with van der Waals surface area (Å²) in [7, 11) is 0. The molecule has 1 fully saturated rings. The molecule has 0 atom stereocenters. The first-order valence-corrected chi connectivity index (χ1v) is 11.5. The first kappa shape index (κ1) is 21.9. The van der Waals surface area contributed by atoms with Crippen LogP contribution in [0.4, 0.5) is 11.4 Å². The number of amides is 1. The van der Waals surface area contributed by atoms with Crippen LogP contribution in [0.5, 0.6) is 5.75 Å². The Morgan fingerprint density at radius 3 is 2.34 bits per heavy atom. The lowest BCUT2D eigenvalue weighted by Crippen LogP contribution is -2.28. The van der Waals surface area contributed by atoms with Crippen molar-refractivity contribution >= 4 is 40.3 Å². The standard InChI is InChI=1S/C27H26N2O2S/c1-4-16-31-24-7-5-6-21(17-24)18-25-26(30)29(23-14-10-20(3)11-15-23)27(32-25)28-22-12-8-19(2)9-13-22/h5-15,17-18H,4,16H2,1-3H3/b25-18-,28-27?. The first-order valence-electron chi connectivity index (χ1n) is 10.7. The minimum absolute atomic E-state index is 0.0791. The normalized spacial score (nSPS) is 16.2. The van der Waals surface area contributed by atoms with Crippen LogP contribution in [0.25, 0.3) is 6.08 Å². The average Bonchev–Trinajstić information content (AvgIpc) is 3.09. The number of amidine groups is 1. The maximum Gasteiger partial charge on any atom is 0.271 e. The minimum Gasteiger partial charge on any atom is -0.494 e. The second kappa shape index (κ2) is 9.88. The molecule has 4 rings (SSSR count). The molecule has 0 N–H and O–H groups in total. The van der Waals surface area contributed by atoms with E-state index in [2.05, 4.69) is 6.92 Å². The van der Waals surface area contributed by atoms with E-state index in [4.69, 9.17) is 9.73 Å². The van der Waals surface area contributed by atoms with Crippen LogP contribution in [0.15, 0.2) is 82.7 Å². The summed E-state index contributed by atoms with van der Waals surface area (Å²) in [6.45, 7) is 6.82. The van der Waals surface area contributed by atoms with Gasteiger partial charge in [0.25, 0.3) is 5.91 Å². The van der Waals surface area contributed by atoms with Crippen molar-refractivity contribution in [3.63, 3.8) is 0 Å². The van der Waals surface area contributed by atoms with Gasteiger partial charge in [-0.15, -0.1) is 0 Å². The Morgan fingerprint density at radius 1 is 0.969 bits per heavy atom. The van der Waals surface area contributed by atoms with Gasteiger partial charge >= 0.3 is 0 Å². The molecule has 1 amide bonds. The van der Waals surface area contributed by atoms with Crippen molar-refractivity contribution < 1.29 is 9.53 Å². The van der Waals surface area contributed by atoms with Gasteiger partial charge in [0, 0.05) is 0 Å². The number of benzene rings is 3. The number of rotatable bonds is 6. The molecule has 1 saturated heterocycles. The molecule has 3 aromatic carbocycles. The van der Waals surface area contributed by atoms with E-state index in [-0.39, 0.29) is 5.91 Å². The molecular formula is C27H26N2O2S. The van der Waals surface area contributed by atoms with Gasteiger partial charge in [-0.05, 0) is 80.1 Å². The van der Waals surface area contributed by atoms with Crippen LogP contribution in [-0.4, -0.2) is 17.7 Å². The predicted molar refractivity (Wildman–Crippen MR) is 135 cm³/mol. The van der Waals surface area contributed by atoms with E-state index in [1.807, 2.05) is 92.7 Å². The van der Waals surface area contributed by atoms with Gasteiger partial charge in [0.1, 0.15) is 5.75 Å². The van der Waals surface area contributed by atoms with Gasteiger partial charge in [-0.25, -0.2) is 4.99 Å². The lowest BCUT2D eigenvalue weighted by Gasteiger charge is -2.16. The minimum atomic E-state index is -0.0791. The summed E-state index contributed by atoms with van der Waals surface area (Å²) in [6.07, 6.45) is 2.86. The monoisotopic (exact) mass is 442 g/mol. The molecular weight excluding hydrogens is 416 g/mol. The summed E-state index contributed by atoms with van der Waals surface area (Å²) in [4.78, 5) is 20.5. The van der Waals surface area contributed by atoms with Gasteiger partial charge < -0.3 is 4.74 Å². The first-order chi connectivity index (χ1) is 15.5. The number of ether oxygens (including phenoxy) is 1. The van der Waals surface area contributed by atoms with E-state index in [1.54, 1.807) is 4.90 Å². The number of carbonyl (C=O) groups is 1. The Hall–Kier alpha value is -3.31. The number of aryl methyl sites for hydroxylation is 2. The van der Waals surface area contributed by atoms with E-state index in [0.717, 1.165) is 34.7 Å². The zero-order valence-corrected chi connectivity index (χ0v) is 19.4. The van der Waals surface area contributed by atoms with Crippen molar-refractivity contribution in [2.45, 2.75) is 27.2 Å². The fourth-order valence-corrected chi connectivity index (χ4v) is 4.27. The van der Waals surface area contributed by atoms with Gasteiger partial charge in [0.05, 0.1) is 22.9 Å². The summed E-state index contributed by atoms with van der Waals surface area (Å²) in [5, 5.41) is 0.646. The van der Waals surface area contributed by atoms with Crippen molar-refractivity contribution in [2.75, 3.05) is 11.5 Å². The second-order valence-corrected chi connectivity index (χ2v) is 8.75. The third-order valence-corrected chi connectivity index (χ3v) is 5.95.